The van der Waals surface area contributed by atoms with Crippen molar-refractivity contribution in [2.45, 2.75) is 53.0 Å². The number of carbonyl (C=O) groups is 2. The number of hydrogen-bond acceptors (Lipinski definition) is 5. The first kappa shape index (κ1) is 26.0. The van der Waals surface area contributed by atoms with Crippen LogP contribution in [0.3, 0.4) is 0 Å². The number of unbranched alkanes of at least 4 members (excludes halogenated alkanes) is 1. The molecule has 2 amide bonds. The van der Waals surface area contributed by atoms with Gasteiger partial charge in [0.25, 0.3) is 5.91 Å². The lowest BCUT2D eigenvalue weighted by atomic mass is 9.95. The van der Waals surface area contributed by atoms with Crippen LogP contribution in [-0.4, -0.2) is 38.6 Å². The highest BCUT2D eigenvalue weighted by molar-refractivity contribution is 6.05. The zero-order valence-corrected chi connectivity index (χ0v) is 18.5. The second-order valence-corrected chi connectivity index (χ2v) is 7.51. The number of methoxy groups -OCH3 is 2. The second kappa shape index (κ2) is 11.8. The average Bonchev–Trinajstić information content (AvgIpc) is 2.63. The van der Waals surface area contributed by atoms with E-state index in [1.54, 1.807) is 32.9 Å². The van der Waals surface area contributed by atoms with Crippen molar-refractivity contribution in [3.8, 4) is 11.5 Å². The SMILES string of the molecule is CCCCC(CN)NC(=O)c1cc(OC)c(OC)cc1NC(=O)C(C)(C)C.Cl. The van der Waals surface area contributed by atoms with Gasteiger partial charge in [-0.25, -0.2) is 0 Å². The molecule has 0 aromatic heterocycles. The number of nitrogens with two attached hydrogens (primary N) is 1. The van der Waals surface area contributed by atoms with Gasteiger partial charge >= 0.3 is 0 Å². The molecule has 0 heterocycles. The Kier molecular flexibility index (Phi) is 10.9. The van der Waals surface area contributed by atoms with Gasteiger partial charge in [-0.3, -0.25) is 9.59 Å². The van der Waals surface area contributed by atoms with Crippen molar-refractivity contribution in [3.63, 3.8) is 0 Å². The molecule has 0 radical (unpaired) electrons. The smallest absolute Gasteiger partial charge is 0.253 e. The average molecular weight is 416 g/mol. The van der Waals surface area contributed by atoms with E-state index in [-0.39, 0.29) is 30.3 Å². The normalized spacial score (nSPS) is 11.8. The Morgan fingerprint density at radius 1 is 1.14 bits per heavy atom. The fourth-order valence-electron chi connectivity index (χ4n) is 2.44. The maximum absolute atomic E-state index is 12.9. The molecule has 1 aromatic carbocycles. The lowest BCUT2D eigenvalue weighted by molar-refractivity contribution is -0.123. The molecule has 1 unspecified atom stereocenters. The Balaban J connectivity index is 0.00000729. The fraction of sp³-hybridized carbons (Fsp3) is 0.600. The highest BCUT2D eigenvalue weighted by Gasteiger charge is 2.25. The zero-order chi connectivity index (χ0) is 20.6. The number of carbonyl (C=O) groups excluding carboxylic acids is 2. The molecule has 7 nitrogen and oxygen atoms in total. The largest absolute Gasteiger partial charge is 0.493 e. The number of anilines is 1. The van der Waals surface area contributed by atoms with Crippen LogP contribution < -0.4 is 25.8 Å². The Morgan fingerprint density at radius 3 is 2.18 bits per heavy atom. The van der Waals surface area contributed by atoms with Crippen LogP contribution in [0.4, 0.5) is 5.69 Å². The predicted octanol–water partition coefficient (Wildman–Crippen LogP) is 3.36. The van der Waals surface area contributed by atoms with Crippen molar-refractivity contribution in [2.24, 2.45) is 11.1 Å². The van der Waals surface area contributed by atoms with Crippen molar-refractivity contribution in [3.05, 3.63) is 17.7 Å². The molecule has 1 atom stereocenters. The molecule has 0 aliphatic carbocycles. The lowest BCUT2D eigenvalue weighted by Gasteiger charge is -2.22. The second-order valence-electron chi connectivity index (χ2n) is 7.51. The van der Waals surface area contributed by atoms with Gasteiger partial charge in [0.05, 0.1) is 25.5 Å². The number of nitrogens with one attached hydrogen (secondary N) is 2. The number of ether oxygens (including phenoxy) is 2. The third-order valence-corrected chi connectivity index (χ3v) is 4.22. The van der Waals surface area contributed by atoms with Gasteiger partial charge in [-0.05, 0) is 12.5 Å². The molecule has 1 aromatic rings. The van der Waals surface area contributed by atoms with Gasteiger partial charge in [-0.2, -0.15) is 0 Å². The summed E-state index contributed by atoms with van der Waals surface area (Å²) >= 11 is 0. The highest BCUT2D eigenvalue weighted by Crippen LogP contribution is 2.34. The van der Waals surface area contributed by atoms with Crippen LogP contribution in [0.15, 0.2) is 12.1 Å². The van der Waals surface area contributed by atoms with E-state index in [0.29, 0.717) is 29.3 Å². The van der Waals surface area contributed by atoms with E-state index in [2.05, 4.69) is 17.6 Å². The van der Waals surface area contributed by atoms with Crippen molar-refractivity contribution >= 4 is 29.9 Å². The van der Waals surface area contributed by atoms with E-state index < -0.39 is 5.41 Å². The summed E-state index contributed by atoms with van der Waals surface area (Å²) in [5, 5.41) is 5.77. The minimum absolute atomic E-state index is 0. The number of amides is 2. The number of hydrogen-bond donors (Lipinski definition) is 3. The predicted molar refractivity (Wildman–Crippen MR) is 115 cm³/mol. The van der Waals surface area contributed by atoms with E-state index in [0.717, 1.165) is 19.3 Å². The van der Waals surface area contributed by atoms with Crippen LogP contribution in [0.25, 0.3) is 0 Å². The monoisotopic (exact) mass is 415 g/mol. The van der Waals surface area contributed by atoms with Crippen molar-refractivity contribution < 1.29 is 19.1 Å². The van der Waals surface area contributed by atoms with Crippen molar-refractivity contribution in [1.82, 2.24) is 5.32 Å². The first-order valence-electron chi connectivity index (χ1n) is 9.26. The summed E-state index contributed by atoms with van der Waals surface area (Å²) in [4.78, 5) is 25.3. The molecule has 0 aliphatic rings. The summed E-state index contributed by atoms with van der Waals surface area (Å²) in [7, 11) is 3.00. The summed E-state index contributed by atoms with van der Waals surface area (Å²) < 4.78 is 10.6. The van der Waals surface area contributed by atoms with Gasteiger partial charge in [0.2, 0.25) is 5.91 Å². The van der Waals surface area contributed by atoms with E-state index in [1.165, 1.54) is 14.2 Å². The minimum atomic E-state index is -0.609. The first-order chi connectivity index (χ1) is 12.7. The van der Waals surface area contributed by atoms with Gasteiger partial charge in [0.15, 0.2) is 11.5 Å². The van der Waals surface area contributed by atoms with Gasteiger partial charge in [0.1, 0.15) is 0 Å². The summed E-state index contributed by atoms with van der Waals surface area (Å²) in [6.07, 6.45) is 2.80. The van der Waals surface area contributed by atoms with Crippen LogP contribution in [0, 0.1) is 5.41 Å². The van der Waals surface area contributed by atoms with Crippen LogP contribution >= 0.6 is 12.4 Å². The van der Waals surface area contributed by atoms with E-state index in [1.807, 2.05) is 0 Å². The topological polar surface area (TPSA) is 103 Å². The summed E-state index contributed by atoms with van der Waals surface area (Å²) in [5.74, 6) is 0.325. The molecule has 8 heteroatoms. The molecule has 0 fully saturated rings. The third-order valence-electron chi connectivity index (χ3n) is 4.22. The van der Waals surface area contributed by atoms with Crippen LogP contribution in [-0.2, 0) is 4.79 Å². The summed E-state index contributed by atoms with van der Waals surface area (Å²) in [5.41, 5.74) is 5.86. The highest BCUT2D eigenvalue weighted by atomic mass is 35.5. The van der Waals surface area contributed by atoms with Gasteiger partial charge in [-0.15, -0.1) is 12.4 Å². The van der Waals surface area contributed by atoms with Gasteiger partial charge in [-0.1, -0.05) is 40.5 Å². The van der Waals surface area contributed by atoms with E-state index in [4.69, 9.17) is 15.2 Å². The Bertz CT molecular complexity index is 660. The van der Waals surface area contributed by atoms with Crippen LogP contribution in [0.1, 0.15) is 57.3 Å². The number of benzene rings is 1. The molecule has 0 saturated heterocycles. The van der Waals surface area contributed by atoms with Gasteiger partial charge in [0, 0.05) is 24.1 Å². The Morgan fingerprint density at radius 2 is 1.71 bits per heavy atom. The molecule has 0 aliphatic heterocycles. The molecular formula is C20H34ClN3O4. The molecule has 0 bridgehead atoms. The molecule has 4 N–H and O–H groups in total. The van der Waals surface area contributed by atoms with E-state index in [9.17, 15) is 9.59 Å². The van der Waals surface area contributed by atoms with Crippen molar-refractivity contribution in [2.75, 3.05) is 26.1 Å². The van der Waals surface area contributed by atoms with Crippen LogP contribution in [0.2, 0.25) is 0 Å². The molecule has 1 rings (SSSR count). The first-order valence-corrected chi connectivity index (χ1v) is 9.26. The maximum Gasteiger partial charge on any atom is 0.253 e. The van der Waals surface area contributed by atoms with Crippen LogP contribution in [0.5, 0.6) is 11.5 Å². The molecular weight excluding hydrogens is 382 g/mol. The van der Waals surface area contributed by atoms with Gasteiger partial charge < -0.3 is 25.8 Å². The number of rotatable bonds is 9. The summed E-state index contributed by atoms with van der Waals surface area (Å²) in [6.45, 7) is 7.85. The fourth-order valence-corrected chi connectivity index (χ4v) is 2.44. The Labute approximate surface area is 174 Å². The standard InChI is InChI=1S/C20H33N3O4.ClH/c1-7-8-9-13(12-21)22-18(24)14-10-16(26-5)17(27-6)11-15(14)23-19(25)20(2,3)4;/h10-11,13H,7-9,12,21H2,1-6H3,(H,22,24)(H,23,25);1H. The number of halogens is 1. The molecule has 28 heavy (non-hydrogen) atoms. The molecule has 0 saturated carbocycles. The summed E-state index contributed by atoms with van der Waals surface area (Å²) in [6, 6.07) is 3.04. The maximum atomic E-state index is 12.9. The zero-order valence-electron chi connectivity index (χ0n) is 17.7. The molecule has 0 spiro atoms. The van der Waals surface area contributed by atoms with Crippen molar-refractivity contribution in [1.29, 1.82) is 0 Å². The Hall–Kier alpha value is -1.99. The van der Waals surface area contributed by atoms with E-state index >= 15 is 0 Å². The third kappa shape index (κ3) is 7.20. The quantitative estimate of drug-likeness (QED) is 0.573. The molecule has 160 valence electrons. The lowest BCUT2D eigenvalue weighted by Crippen LogP contribution is -2.40. The minimum Gasteiger partial charge on any atom is -0.493 e.